The standard InChI is InChI=1S/C11H20N4O/c1-11(2,5-6-12)8-13-10(16)9-4-7-14-15(9)3/h4,7H,5-6,8,12H2,1-3H3,(H,13,16). The van der Waals surface area contributed by atoms with Gasteiger partial charge in [0.2, 0.25) is 0 Å². The summed E-state index contributed by atoms with van der Waals surface area (Å²) in [4.78, 5) is 11.8. The molecule has 0 radical (unpaired) electrons. The van der Waals surface area contributed by atoms with Crippen LogP contribution in [-0.2, 0) is 7.05 Å². The van der Waals surface area contributed by atoms with Crippen LogP contribution in [-0.4, -0.2) is 28.8 Å². The molecule has 5 heteroatoms. The Morgan fingerprint density at radius 1 is 1.62 bits per heavy atom. The molecular formula is C11H20N4O. The zero-order valence-corrected chi connectivity index (χ0v) is 10.2. The van der Waals surface area contributed by atoms with Crippen molar-refractivity contribution < 1.29 is 4.79 Å². The summed E-state index contributed by atoms with van der Waals surface area (Å²) in [5.74, 6) is -0.0925. The maximum atomic E-state index is 11.8. The first-order valence-electron chi connectivity index (χ1n) is 5.42. The number of aromatic nitrogens is 2. The molecule has 0 aromatic carbocycles. The molecule has 0 aliphatic rings. The van der Waals surface area contributed by atoms with Gasteiger partial charge < -0.3 is 11.1 Å². The molecule has 0 unspecified atom stereocenters. The fourth-order valence-electron chi connectivity index (χ4n) is 1.49. The number of amides is 1. The summed E-state index contributed by atoms with van der Waals surface area (Å²) >= 11 is 0. The fraction of sp³-hybridized carbons (Fsp3) is 0.636. The summed E-state index contributed by atoms with van der Waals surface area (Å²) < 4.78 is 1.56. The number of carbonyl (C=O) groups is 1. The van der Waals surface area contributed by atoms with E-state index in [4.69, 9.17) is 5.73 Å². The van der Waals surface area contributed by atoms with Crippen molar-refractivity contribution in [2.75, 3.05) is 13.1 Å². The lowest BCUT2D eigenvalue weighted by molar-refractivity contribution is 0.0925. The molecule has 1 heterocycles. The predicted molar refractivity (Wildman–Crippen MR) is 63.0 cm³/mol. The molecule has 0 aliphatic heterocycles. The molecular weight excluding hydrogens is 204 g/mol. The van der Waals surface area contributed by atoms with Crippen LogP contribution in [0, 0.1) is 5.41 Å². The minimum Gasteiger partial charge on any atom is -0.350 e. The van der Waals surface area contributed by atoms with Crippen molar-refractivity contribution >= 4 is 5.91 Å². The van der Waals surface area contributed by atoms with Gasteiger partial charge in [0.05, 0.1) is 0 Å². The van der Waals surface area contributed by atoms with Gasteiger partial charge in [-0.1, -0.05) is 13.8 Å². The number of hydrogen-bond acceptors (Lipinski definition) is 3. The van der Waals surface area contributed by atoms with Crippen LogP contribution in [0.5, 0.6) is 0 Å². The molecule has 0 spiro atoms. The zero-order chi connectivity index (χ0) is 12.2. The Balaban J connectivity index is 2.51. The van der Waals surface area contributed by atoms with Crippen LogP contribution in [0.2, 0.25) is 0 Å². The number of aryl methyl sites for hydroxylation is 1. The Bertz CT molecular complexity index is 357. The topological polar surface area (TPSA) is 72.9 Å². The molecule has 90 valence electrons. The highest BCUT2D eigenvalue weighted by atomic mass is 16.2. The smallest absolute Gasteiger partial charge is 0.269 e. The highest BCUT2D eigenvalue weighted by Gasteiger charge is 2.19. The summed E-state index contributed by atoms with van der Waals surface area (Å²) in [7, 11) is 1.75. The number of rotatable bonds is 5. The van der Waals surface area contributed by atoms with E-state index in [9.17, 15) is 4.79 Å². The average molecular weight is 224 g/mol. The fourth-order valence-corrected chi connectivity index (χ4v) is 1.49. The van der Waals surface area contributed by atoms with E-state index >= 15 is 0 Å². The largest absolute Gasteiger partial charge is 0.350 e. The predicted octanol–water partition coefficient (Wildman–Crippen LogP) is 0.525. The van der Waals surface area contributed by atoms with Crippen LogP contribution >= 0.6 is 0 Å². The van der Waals surface area contributed by atoms with Crippen LogP contribution in [0.4, 0.5) is 0 Å². The van der Waals surface area contributed by atoms with E-state index in [1.807, 2.05) is 0 Å². The summed E-state index contributed by atoms with van der Waals surface area (Å²) in [6.07, 6.45) is 2.50. The second-order valence-corrected chi connectivity index (χ2v) is 4.73. The van der Waals surface area contributed by atoms with Crippen molar-refractivity contribution in [3.8, 4) is 0 Å². The van der Waals surface area contributed by atoms with Gasteiger partial charge in [0, 0.05) is 19.8 Å². The Morgan fingerprint density at radius 2 is 2.31 bits per heavy atom. The molecule has 0 aliphatic carbocycles. The molecule has 1 aromatic heterocycles. The van der Waals surface area contributed by atoms with Crippen molar-refractivity contribution in [2.45, 2.75) is 20.3 Å². The van der Waals surface area contributed by atoms with E-state index < -0.39 is 0 Å². The molecule has 1 amide bonds. The Morgan fingerprint density at radius 3 is 2.81 bits per heavy atom. The number of hydrogen-bond donors (Lipinski definition) is 2. The summed E-state index contributed by atoms with van der Waals surface area (Å²) in [6, 6.07) is 1.70. The highest BCUT2D eigenvalue weighted by molar-refractivity contribution is 5.92. The van der Waals surface area contributed by atoms with Crippen LogP contribution in [0.15, 0.2) is 12.3 Å². The number of nitrogens with one attached hydrogen (secondary N) is 1. The lowest BCUT2D eigenvalue weighted by atomic mass is 9.89. The molecule has 3 N–H and O–H groups in total. The van der Waals surface area contributed by atoms with Gasteiger partial charge in [0.15, 0.2) is 0 Å². The van der Waals surface area contributed by atoms with E-state index in [2.05, 4.69) is 24.3 Å². The number of nitrogens with zero attached hydrogens (tertiary/aromatic N) is 2. The molecule has 1 aromatic rings. The van der Waals surface area contributed by atoms with Gasteiger partial charge in [0.1, 0.15) is 5.69 Å². The van der Waals surface area contributed by atoms with Crippen molar-refractivity contribution in [3.63, 3.8) is 0 Å². The minimum atomic E-state index is -0.0925. The summed E-state index contributed by atoms with van der Waals surface area (Å²) in [5.41, 5.74) is 6.12. The molecule has 1 rings (SSSR count). The van der Waals surface area contributed by atoms with Crippen molar-refractivity contribution in [1.29, 1.82) is 0 Å². The van der Waals surface area contributed by atoms with Crippen LogP contribution in [0.25, 0.3) is 0 Å². The van der Waals surface area contributed by atoms with E-state index in [1.54, 1.807) is 24.0 Å². The molecule has 0 bridgehead atoms. The van der Waals surface area contributed by atoms with Gasteiger partial charge in [-0.05, 0) is 24.4 Å². The van der Waals surface area contributed by atoms with E-state index in [-0.39, 0.29) is 11.3 Å². The number of carbonyl (C=O) groups excluding carboxylic acids is 1. The zero-order valence-electron chi connectivity index (χ0n) is 10.2. The van der Waals surface area contributed by atoms with Gasteiger partial charge >= 0.3 is 0 Å². The first kappa shape index (κ1) is 12.7. The third-order valence-corrected chi connectivity index (χ3v) is 2.60. The van der Waals surface area contributed by atoms with Crippen molar-refractivity contribution in [3.05, 3.63) is 18.0 Å². The third kappa shape index (κ3) is 3.34. The van der Waals surface area contributed by atoms with E-state index in [0.29, 0.717) is 18.8 Å². The average Bonchev–Trinajstić information content (AvgIpc) is 2.61. The normalized spacial score (nSPS) is 11.5. The molecule has 0 saturated heterocycles. The first-order valence-corrected chi connectivity index (χ1v) is 5.42. The molecule has 0 fully saturated rings. The molecule has 0 atom stereocenters. The first-order chi connectivity index (χ1) is 7.46. The Labute approximate surface area is 96.0 Å². The second kappa shape index (κ2) is 5.12. The summed E-state index contributed by atoms with van der Waals surface area (Å²) in [5, 5.41) is 6.85. The Kier molecular flexibility index (Phi) is 4.06. The van der Waals surface area contributed by atoms with Crippen LogP contribution in [0.3, 0.4) is 0 Å². The maximum Gasteiger partial charge on any atom is 0.269 e. The SMILES string of the molecule is Cn1nccc1C(=O)NCC(C)(C)CCN. The molecule has 0 saturated carbocycles. The van der Waals surface area contributed by atoms with Gasteiger partial charge in [-0.15, -0.1) is 0 Å². The summed E-state index contributed by atoms with van der Waals surface area (Å²) in [6.45, 7) is 5.43. The minimum absolute atomic E-state index is 0.0308. The van der Waals surface area contributed by atoms with Crippen molar-refractivity contribution in [1.82, 2.24) is 15.1 Å². The van der Waals surface area contributed by atoms with Gasteiger partial charge in [-0.2, -0.15) is 5.10 Å². The number of nitrogens with two attached hydrogens (primary N) is 1. The molecule has 16 heavy (non-hydrogen) atoms. The second-order valence-electron chi connectivity index (χ2n) is 4.73. The monoisotopic (exact) mass is 224 g/mol. The molecule has 5 nitrogen and oxygen atoms in total. The maximum absolute atomic E-state index is 11.8. The quantitative estimate of drug-likeness (QED) is 0.766. The third-order valence-electron chi connectivity index (χ3n) is 2.60. The highest BCUT2D eigenvalue weighted by Crippen LogP contribution is 2.17. The van der Waals surface area contributed by atoms with E-state index in [1.165, 1.54) is 0 Å². The van der Waals surface area contributed by atoms with Crippen molar-refractivity contribution in [2.24, 2.45) is 18.2 Å². The van der Waals surface area contributed by atoms with Gasteiger partial charge in [0.25, 0.3) is 5.91 Å². The lowest BCUT2D eigenvalue weighted by Crippen LogP contribution is -2.36. The Hall–Kier alpha value is -1.36. The van der Waals surface area contributed by atoms with Crippen LogP contribution in [0.1, 0.15) is 30.8 Å². The van der Waals surface area contributed by atoms with Gasteiger partial charge in [-0.25, -0.2) is 0 Å². The lowest BCUT2D eigenvalue weighted by Gasteiger charge is -2.24. The van der Waals surface area contributed by atoms with Crippen LogP contribution < -0.4 is 11.1 Å². The van der Waals surface area contributed by atoms with Gasteiger partial charge in [-0.3, -0.25) is 9.48 Å². The van der Waals surface area contributed by atoms with E-state index in [0.717, 1.165) is 6.42 Å².